The lowest BCUT2D eigenvalue weighted by Crippen LogP contribution is -2.54. The summed E-state index contributed by atoms with van der Waals surface area (Å²) in [6.45, 7) is 5.96. The average Bonchev–Trinajstić information content (AvgIpc) is 3.24. The number of rotatable bonds is 10. The van der Waals surface area contributed by atoms with Crippen LogP contribution in [0.25, 0.3) is 11.3 Å². The number of amides is 3. The second-order valence-corrected chi connectivity index (χ2v) is 16.7. The standard InChI is InChI=1S/C43H54F2N8O5/c44-35-25-32(47-37-10-11-38(54)49-40(37)55)8-9-34(35)28-12-16-51(17-13-28)27-43(57)14-18-53(19-15-43)41(56)29-4-6-31(7-5-29)48-42-46-26-36(45)39(50-42)30-2-1-3-33(24-30)52-20-22-58-23-21-52/h1-3,8-9,24-26,28-29,31,37,47,57H,4-7,10-23,27H2,(H,46,48,50)(H,49,54,55). The minimum atomic E-state index is -0.877. The first-order valence-corrected chi connectivity index (χ1v) is 20.9. The molecule has 15 heteroatoms. The van der Waals surface area contributed by atoms with Crippen molar-refractivity contribution in [2.24, 2.45) is 5.92 Å². The van der Waals surface area contributed by atoms with Crippen LogP contribution in [0.2, 0.25) is 0 Å². The maximum absolute atomic E-state index is 15.3. The topological polar surface area (TPSA) is 152 Å². The molecule has 13 nitrogen and oxygen atoms in total. The highest BCUT2D eigenvalue weighted by Crippen LogP contribution is 2.35. The van der Waals surface area contributed by atoms with Crippen LogP contribution < -0.4 is 20.9 Å². The first kappa shape index (κ1) is 40.1. The predicted octanol–water partition coefficient (Wildman–Crippen LogP) is 4.68. The molecule has 4 N–H and O–H groups in total. The quantitative estimate of drug-likeness (QED) is 0.212. The van der Waals surface area contributed by atoms with Crippen molar-refractivity contribution in [3.05, 3.63) is 65.9 Å². The number of piperidine rings is 3. The van der Waals surface area contributed by atoms with E-state index in [-0.39, 0.29) is 47.6 Å². The fourth-order valence-corrected chi connectivity index (χ4v) is 9.34. The van der Waals surface area contributed by atoms with Crippen LogP contribution in [0.1, 0.15) is 75.7 Å². The Bertz CT molecular complexity index is 1960. The monoisotopic (exact) mass is 800 g/mol. The van der Waals surface area contributed by atoms with E-state index in [4.69, 9.17) is 4.74 Å². The van der Waals surface area contributed by atoms with E-state index in [1.54, 1.807) is 12.1 Å². The molecular formula is C43H54F2N8O5. The fraction of sp³-hybridized carbons (Fsp3) is 0.558. The molecule has 5 fully saturated rings. The first-order chi connectivity index (χ1) is 28.1. The molecule has 1 saturated carbocycles. The Morgan fingerprint density at radius 3 is 2.38 bits per heavy atom. The van der Waals surface area contributed by atoms with E-state index >= 15 is 4.39 Å². The molecule has 5 aliphatic rings. The zero-order chi connectivity index (χ0) is 40.2. The normalized spacial score (nSPS) is 24.6. The number of likely N-dealkylation sites (tertiary alicyclic amines) is 2. The van der Waals surface area contributed by atoms with Gasteiger partial charge in [0.25, 0.3) is 0 Å². The van der Waals surface area contributed by atoms with E-state index in [9.17, 15) is 23.9 Å². The van der Waals surface area contributed by atoms with Crippen LogP contribution in [0, 0.1) is 17.6 Å². The van der Waals surface area contributed by atoms with E-state index in [0.29, 0.717) is 74.9 Å². The number of carbonyl (C=O) groups excluding carboxylic acids is 3. The van der Waals surface area contributed by atoms with E-state index in [1.807, 2.05) is 29.2 Å². The molecule has 58 heavy (non-hydrogen) atoms. The molecule has 1 aliphatic carbocycles. The number of nitrogens with zero attached hydrogens (tertiary/aromatic N) is 5. The van der Waals surface area contributed by atoms with E-state index in [1.165, 1.54) is 12.3 Å². The summed E-state index contributed by atoms with van der Waals surface area (Å²) < 4.78 is 35.7. The summed E-state index contributed by atoms with van der Waals surface area (Å²) in [4.78, 5) is 52.4. The summed E-state index contributed by atoms with van der Waals surface area (Å²) >= 11 is 0. The van der Waals surface area contributed by atoms with Crippen molar-refractivity contribution in [3.63, 3.8) is 0 Å². The van der Waals surface area contributed by atoms with Crippen LogP contribution in [0.4, 0.5) is 26.1 Å². The number of nitrogens with one attached hydrogen (secondary N) is 3. The van der Waals surface area contributed by atoms with Gasteiger partial charge in [0, 0.05) is 68.0 Å². The number of halogens is 2. The predicted molar refractivity (Wildman–Crippen MR) is 215 cm³/mol. The Morgan fingerprint density at radius 1 is 0.897 bits per heavy atom. The van der Waals surface area contributed by atoms with Crippen LogP contribution in [0.15, 0.2) is 48.7 Å². The summed E-state index contributed by atoms with van der Waals surface area (Å²) in [7, 11) is 0. The minimum Gasteiger partial charge on any atom is -0.388 e. The lowest BCUT2D eigenvalue weighted by molar-refractivity contribution is -0.141. The van der Waals surface area contributed by atoms with Crippen LogP contribution in [0.5, 0.6) is 0 Å². The van der Waals surface area contributed by atoms with Gasteiger partial charge in [0.2, 0.25) is 23.7 Å². The minimum absolute atomic E-state index is 0.0598. The number of anilines is 3. The number of hydrogen-bond donors (Lipinski definition) is 4. The third-order valence-electron chi connectivity index (χ3n) is 12.8. The number of hydrogen-bond acceptors (Lipinski definition) is 11. The largest absolute Gasteiger partial charge is 0.388 e. The molecule has 3 amide bonds. The molecule has 1 unspecified atom stereocenters. The molecule has 2 aromatic carbocycles. The van der Waals surface area contributed by atoms with Gasteiger partial charge in [-0.2, -0.15) is 0 Å². The van der Waals surface area contributed by atoms with Gasteiger partial charge in [-0.15, -0.1) is 0 Å². The molecule has 5 heterocycles. The number of imide groups is 1. The SMILES string of the molecule is O=C1CCC(Nc2ccc(C3CCN(CC4(O)CCN(C(=O)C5CCC(Nc6ncc(F)c(-c7cccc(N8CCOCC8)c7)n6)CC5)CC4)CC3)c(F)c2)C(=O)N1. The number of carbonyl (C=O) groups is 3. The van der Waals surface area contributed by atoms with Crippen molar-refractivity contribution >= 4 is 35.0 Å². The summed E-state index contributed by atoms with van der Waals surface area (Å²) in [5.41, 5.74) is 2.25. The van der Waals surface area contributed by atoms with Crippen LogP contribution in [-0.4, -0.2) is 119 Å². The zero-order valence-electron chi connectivity index (χ0n) is 32.9. The number of β-amino-alcohol motifs (C(OH)–C–C–N with tert-alkyl or cyclic N) is 1. The molecule has 1 aromatic heterocycles. The van der Waals surface area contributed by atoms with Gasteiger partial charge in [0.15, 0.2) is 5.82 Å². The average molecular weight is 801 g/mol. The van der Waals surface area contributed by atoms with Crippen molar-refractivity contribution in [2.75, 3.05) is 74.6 Å². The Labute approximate surface area is 337 Å². The number of morpholine rings is 1. The van der Waals surface area contributed by atoms with Crippen LogP contribution in [-0.2, 0) is 19.1 Å². The van der Waals surface area contributed by atoms with Crippen molar-refractivity contribution < 1.29 is 33.0 Å². The Morgan fingerprint density at radius 2 is 1.66 bits per heavy atom. The third-order valence-corrected chi connectivity index (χ3v) is 12.8. The summed E-state index contributed by atoms with van der Waals surface area (Å²) in [5.74, 6) is -0.947. The summed E-state index contributed by atoms with van der Waals surface area (Å²) in [5, 5.41) is 20.3. The maximum atomic E-state index is 15.3. The fourth-order valence-electron chi connectivity index (χ4n) is 9.34. The molecule has 8 rings (SSSR count). The van der Waals surface area contributed by atoms with E-state index in [0.717, 1.165) is 70.4 Å². The second-order valence-electron chi connectivity index (χ2n) is 16.7. The lowest BCUT2D eigenvalue weighted by Gasteiger charge is -2.43. The van der Waals surface area contributed by atoms with Crippen molar-refractivity contribution in [1.29, 1.82) is 0 Å². The smallest absolute Gasteiger partial charge is 0.249 e. The van der Waals surface area contributed by atoms with Gasteiger partial charge in [-0.05, 0) is 107 Å². The second kappa shape index (κ2) is 17.6. The van der Waals surface area contributed by atoms with Gasteiger partial charge >= 0.3 is 0 Å². The number of aliphatic hydroxyl groups is 1. The van der Waals surface area contributed by atoms with Crippen LogP contribution >= 0.6 is 0 Å². The van der Waals surface area contributed by atoms with Gasteiger partial charge in [0.1, 0.15) is 17.6 Å². The molecule has 0 spiro atoms. The number of aromatic nitrogens is 2. The zero-order valence-corrected chi connectivity index (χ0v) is 32.9. The number of ether oxygens (including phenoxy) is 1. The third kappa shape index (κ3) is 9.42. The Kier molecular flexibility index (Phi) is 12.2. The van der Waals surface area contributed by atoms with Gasteiger partial charge in [-0.3, -0.25) is 19.7 Å². The molecule has 1 atom stereocenters. The van der Waals surface area contributed by atoms with E-state index in [2.05, 4.69) is 35.7 Å². The highest BCUT2D eigenvalue weighted by molar-refractivity contribution is 6.01. The molecule has 0 radical (unpaired) electrons. The number of benzene rings is 2. The molecule has 4 saturated heterocycles. The van der Waals surface area contributed by atoms with Crippen molar-refractivity contribution in [3.8, 4) is 11.3 Å². The molecule has 3 aromatic rings. The molecule has 310 valence electrons. The van der Waals surface area contributed by atoms with Crippen LogP contribution in [0.3, 0.4) is 0 Å². The first-order valence-electron chi connectivity index (χ1n) is 20.9. The van der Waals surface area contributed by atoms with Gasteiger partial charge in [-0.1, -0.05) is 18.2 Å². The highest BCUT2D eigenvalue weighted by Gasteiger charge is 2.39. The van der Waals surface area contributed by atoms with Gasteiger partial charge in [0.05, 0.1) is 25.0 Å². The summed E-state index contributed by atoms with van der Waals surface area (Å²) in [6, 6.07) is 12.3. The van der Waals surface area contributed by atoms with Gasteiger partial charge in [-0.25, -0.2) is 18.7 Å². The lowest BCUT2D eigenvalue weighted by atomic mass is 9.83. The molecule has 4 aliphatic heterocycles. The Balaban J connectivity index is 0.766. The van der Waals surface area contributed by atoms with Crippen molar-refractivity contribution in [1.82, 2.24) is 25.1 Å². The maximum Gasteiger partial charge on any atom is 0.249 e. The molecular weight excluding hydrogens is 747 g/mol. The summed E-state index contributed by atoms with van der Waals surface area (Å²) in [6.07, 6.45) is 7.45. The van der Waals surface area contributed by atoms with Crippen molar-refractivity contribution in [2.45, 2.75) is 87.8 Å². The van der Waals surface area contributed by atoms with Gasteiger partial charge < -0.3 is 35.2 Å². The Hall–Kier alpha value is -4.73. The molecule has 0 bridgehead atoms. The highest BCUT2D eigenvalue weighted by atomic mass is 19.1. The van der Waals surface area contributed by atoms with E-state index < -0.39 is 23.4 Å².